The van der Waals surface area contributed by atoms with Crippen molar-refractivity contribution < 1.29 is 19.4 Å². The number of ether oxygens (including phenoxy) is 1. The highest BCUT2D eigenvalue weighted by Gasteiger charge is 2.25. The molecular weight excluding hydrogens is 328 g/mol. The fourth-order valence-electron chi connectivity index (χ4n) is 2.00. The Bertz CT molecular complexity index is 529. The number of rotatable bonds is 3. The topological polar surface area (TPSA) is 78.9 Å². The second-order valence-corrected chi connectivity index (χ2v) is 5.47. The molecule has 2 N–H and O–H groups in total. The molecule has 1 aromatic rings. The van der Waals surface area contributed by atoms with Crippen LogP contribution in [0.1, 0.15) is 16.8 Å². The summed E-state index contributed by atoms with van der Waals surface area (Å²) in [6.45, 7) is 1.15. The van der Waals surface area contributed by atoms with Crippen LogP contribution in [-0.2, 0) is 4.74 Å². The van der Waals surface area contributed by atoms with Crippen LogP contribution in [-0.4, -0.2) is 48.3 Å². The number of carbonyl (C=O) groups is 2. The average Bonchev–Trinajstić information content (AvgIpc) is 2.93. The third-order valence-corrected chi connectivity index (χ3v) is 3.72. The van der Waals surface area contributed by atoms with Gasteiger partial charge in [-0.1, -0.05) is 15.9 Å². The molecule has 1 saturated heterocycles. The predicted molar refractivity (Wildman–Crippen MR) is 77.1 cm³/mol. The van der Waals surface area contributed by atoms with Gasteiger partial charge in [-0.2, -0.15) is 0 Å². The molecule has 0 radical (unpaired) electrons. The SMILES string of the molecule is CN(C(=O)Nc1ccc(Br)cc1C(=O)O)C1CCOC1. The quantitative estimate of drug-likeness (QED) is 0.883. The second-order valence-electron chi connectivity index (χ2n) is 4.55. The Morgan fingerprint density at radius 3 is 2.85 bits per heavy atom. The molecule has 108 valence electrons. The predicted octanol–water partition coefficient (Wildman–Crippen LogP) is 2.40. The van der Waals surface area contributed by atoms with Gasteiger partial charge in [0.05, 0.1) is 23.9 Å². The van der Waals surface area contributed by atoms with Crippen LogP contribution in [0.4, 0.5) is 10.5 Å². The Morgan fingerprint density at radius 1 is 1.50 bits per heavy atom. The summed E-state index contributed by atoms with van der Waals surface area (Å²) in [6.07, 6.45) is 0.788. The zero-order valence-corrected chi connectivity index (χ0v) is 12.5. The summed E-state index contributed by atoms with van der Waals surface area (Å²) in [5.41, 5.74) is 0.320. The van der Waals surface area contributed by atoms with Crippen molar-refractivity contribution in [2.45, 2.75) is 12.5 Å². The molecule has 6 nitrogen and oxygen atoms in total. The van der Waals surface area contributed by atoms with Gasteiger partial charge in [0, 0.05) is 18.1 Å². The monoisotopic (exact) mass is 342 g/mol. The first-order valence-electron chi connectivity index (χ1n) is 6.13. The number of anilines is 1. The van der Waals surface area contributed by atoms with Crippen molar-refractivity contribution in [2.75, 3.05) is 25.6 Å². The number of hydrogen-bond donors (Lipinski definition) is 2. The van der Waals surface area contributed by atoms with Gasteiger partial charge >= 0.3 is 12.0 Å². The van der Waals surface area contributed by atoms with Crippen LogP contribution < -0.4 is 5.32 Å². The average molecular weight is 343 g/mol. The van der Waals surface area contributed by atoms with Crippen molar-refractivity contribution in [3.63, 3.8) is 0 Å². The van der Waals surface area contributed by atoms with Crippen molar-refractivity contribution in [1.82, 2.24) is 4.90 Å². The molecule has 7 heteroatoms. The minimum Gasteiger partial charge on any atom is -0.478 e. The molecule has 1 unspecified atom stereocenters. The number of carboxylic acids is 1. The Labute approximate surface area is 124 Å². The standard InChI is InChI=1S/C13H15BrN2O4/c1-16(9-4-5-20-7-9)13(19)15-11-3-2-8(14)6-10(11)12(17)18/h2-3,6,9H,4-5,7H2,1H3,(H,15,19)(H,17,18). The summed E-state index contributed by atoms with van der Waals surface area (Å²) in [6, 6.07) is 4.38. The van der Waals surface area contributed by atoms with E-state index in [1.54, 1.807) is 24.1 Å². The molecule has 1 aromatic carbocycles. The Morgan fingerprint density at radius 2 is 2.25 bits per heavy atom. The zero-order chi connectivity index (χ0) is 14.7. The van der Waals surface area contributed by atoms with E-state index in [0.29, 0.717) is 17.7 Å². The fraction of sp³-hybridized carbons (Fsp3) is 0.385. The van der Waals surface area contributed by atoms with Crippen LogP contribution in [0.5, 0.6) is 0 Å². The number of halogens is 1. The largest absolute Gasteiger partial charge is 0.478 e. The first kappa shape index (κ1) is 14.8. The van der Waals surface area contributed by atoms with E-state index in [1.807, 2.05) is 0 Å². The van der Waals surface area contributed by atoms with Crippen LogP contribution in [0, 0.1) is 0 Å². The molecule has 1 heterocycles. The first-order valence-corrected chi connectivity index (χ1v) is 6.92. The van der Waals surface area contributed by atoms with E-state index in [9.17, 15) is 9.59 Å². The van der Waals surface area contributed by atoms with Gasteiger partial charge in [-0.05, 0) is 24.6 Å². The lowest BCUT2D eigenvalue weighted by Gasteiger charge is -2.23. The maximum Gasteiger partial charge on any atom is 0.337 e. The van der Waals surface area contributed by atoms with Crippen molar-refractivity contribution in [3.05, 3.63) is 28.2 Å². The van der Waals surface area contributed by atoms with E-state index in [1.165, 1.54) is 6.07 Å². The minimum absolute atomic E-state index is 0.0266. The van der Waals surface area contributed by atoms with Gasteiger partial charge in [0.25, 0.3) is 0 Å². The van der Waals surface area contributed by atoms with Crippen LogP contribution in [0.25, 0.3) is 0 Å². The number of amides is 2. The van der Waals surface area contributed by atoms with Crippen LogP contribution in [0.2, 0.25) is 0 Å². The summed E-state index contributed by atoms with van der Waals surface area (Å²) in [7, 11) is 1.67. The molecule has 0 aromatic heterocycles. The smallest absolute Gasteiger partial charge is 0.337 e. The highest BCUT2D eigenvalue weighted by Crippen LogP contribution is 2.22. The zero-order valence-electron chi connectivity index (χ0n) is 10.9. The fourth-order valence-corrected chi connectivity index (χ4v) is 2.36. The first-order chi connectivity index (χ1) is 9.49. The van der Waals surface area contributed by atoms with Gasteiger partial charge in [-0.15, -0.1) is 0 Å². The molecule has 1 aliphatic heterocycles. The van der Waals surface area contributed by atoms with E-state index in [0.717, 1.165) is 6.42 Å². The lowest BCUT2D eigenvalue weighted by molar-refractivity contribution is 0.0698. The van der Waals surface area contributed by atoms with Crippen LogP contribution in [0.15, 0.2) is 22.7 Å². The maximum atomic E-state index is 12.1. The van der Waals surface area contributed by atoms with E-state index < -0.39 is 5.97 Å². The molecule has 1 aliphatic rings. The number of likely N-dealkylation sites (N-methyl/N-ethyl adjacent to an activating group) is 1. The molecule has 20 heavy (non-hydrogen) atoms. The van der Waals surface area contributed by atoms with Crippen molar-refractivity contribution >= 4 is 33.6 Å². The molecule has 0 spiro atoms. The lowest BCUT2D eigenvalue weighted by Crippen LogP contribution is -2.40. The van der Waals surface area contributed by atoms with Crippen LogP contribution in [0.3, 0.4) is 0 Å². The summed E-state index contributed by atoms with van der Waals surface area (Å²) >= 11 is 3.21. The third kappa shape index (κ3) is 3.29. The lowest BCUT2D eigenvalue weighted by atomic mass is 10.2. The summed E-state index contributed by atoms with van der Waals surface area (Å²) < 4.78 is 5.88. The van der Waals surface area contributed by atoms with Gasteiger partial charge in [0.15, 0.2) is 0 Å². The number of hydrogen-bond acceptors (Lipinski definition) is 3. The van der Waals surface area contributed by atoms with E-state index in [4.69, 9.17) is 9.84 Å². The summed E-state index contributed by atoms with van der Waals surface area (Å²) in [5, 5.41) is 11.8. The molecule has 0 aliphatic carbocycles. The maximum absolute atomic E-state index is 12.1. The van der Waals surface area contributed by atoms with Gasteiger partial charge in [-0.25, -0.2) is 9.59 Å². The molecule has 2 rings (SSSR count). The number of benzene rings is 1. The van der Waals surface area contributed by atoms with Gasteiger partial charge in [0.2, 0.25) is 0 Å². The number of nitrogens with zero attached hydrogens (tertiary/aromatic N) is 1. The number of carboxylic acid groups (broad SMARTS) is 1. The number of nitrogens with one attached hydrogen (secondary N) is 1. The molecular formula is C13H15BrN2O4. The molecule has 0 bridgehead atoms. The summed E-state index contributed by atoms with van der Waals surface area (Å²) in [5.74, 6) is -1.09. The van der Waals surface area contributed by atoms with Crippen molar-refractivity contribution in [2.24, 2.45) is 0 Å². The van der Waals surface area contributed by atoms with Gasteiger partial charge < -0.3 is 20.1 Å². The second kappa shape index (κ2) is 6.23. The molecule has 1 fully saturated rings. The molecule has 0 saturated carbocycles. The van der Waals surface area contributed by atoms with Gasteiger partial charge in [0.1, 0.15) is 0 Å². The highest BCUT2D eigenvalue weighted by molar-refractivity contribution is 9.10. The normalized spacial score (nSPS) is 17.8. The van der Waals surface area contributed by atoms with Crippen molar-refractivity contribution in [1.29, 1.82) is 0 Å². The minimum atomic E-state index is -1.09. The van der Waals surface area contributed by atoms with Crippen molar-refractivity contribution in [3.8, 4) is 0 Å². The third-order valence-electron chi connectivity index (χ3n) is 3.23. The molecule has 2 amide bonds. The van der Waals surface area contributed by atoms with E-state index in [-0.39, 0.29) is 23.3 Å². The Hall–Kier alpha value is -1.60. The number of carbonyl (C=O) groups excluding carboxylic acids is 1. The summed E-state index contributed by atoms with van der Waals surface area (Å²) in [4.78, 5) is 24.8. The Balaban J connectivity index is 2.12. The number of urea groups is 1. The molecule has 1 atom stereocenters. The van der Waals surface area contributed by atoms with Gasteiger partial charge in [-0.3, -0.25) is 0 Å². The van der Waals surface area contributed by atoms with E-state index >= 15 is 0 Å². The van der Waals surface area contributed by atoms with E-state index in [2.05, 4.69) is 21.2 Å². The van der Waals surface area contributed by atoms with Crippen LogP contribution >= 0.6 is 15.9 Å². The Kier molecular flexibility index (Phi) is 4.61. The number of aromatic carboxylic acids is 1. The highest BCUT2D eigenvalue weighted by atomic mass is 79.9.